The van der Waals surface area contributed by atoms with Crippen LogP contribution < -0.4 is 4.57 Å². The highest BCUT2D eigenvalue weighted by molar-refractivity contribution is 8.13. The molecule has 0 unspecified atom stereocenters. The summed E-state index contributed by atoms with van der Waals surface area (Å²) in [6, 6.07) is 2.12. The normalized spacial score (nSPS) is 13.1. The van der Waals surface area contributed by atoms with Gasteiger partial charge in [0.2, 0.25) is 0 Å². The summed E-state index contributed by atoms with van der Waals surface area (Å²) in [5, 5.41) is 8.68. The smallest absolute Gasteiger partial charge is 0.421 e. The van der Waals surface area contributed by atoms with Gasteiger partial charge in [0.25, 0.3) is 0 Å². The average Bonchev–Trinajstić information content (AvgIpc) is 2.34. The Bertz CT molecular complexity index is 756. The molecule has 0 fully saturated rings. The quantitative estimate of drug-likeness (QED) is 0.575. The van der Waals surface area contributed by atoms with Crippen molar-refractivity contribution < 1.29 is 52.9 Å². The molecular formula is C11H14F6N2O5S2. The van der Waals surface area contributed by atoms with Crippen LogP contribution in [0.1, 0.15) is 11.1 Å². The molecule has 0 bridgehead atoms. The maximum absolute atomic E-state index is 11.4. The van der Waals surface area contributed by atoms with E-state index < -0.39 is 31.1 Å². The predicted molar refractivity (Wildman–Crippen MR) is 76.5 cm³/mol. The summed E-state index contributed by atoms with van der Waals surface area (Å²) < 4.78 is 111. The maximum atomic E-state index is 11.4. The van der Waals surface area contributed by atoms with Crippen LogP contribution in [0.15, 0.2) is 18.5 Å². The van der Waals surface area contributed by atoms with Crippen LogP contribution in [-0.2, 0) is 26.6 Å². The molecule has 1 rings (SSSR count). The molecule has 0 aliphatic heterocycles. The fourth-order valence-corrected chi connectivity index (χ4v) is 3.16. The Morgan fingerprint density at radius 1 is 0.923 bits per heavy atom. The zero-order valence-corrected chi connectivity index (χ0v) is 14.8. The van der Waals surface area contributed by atoms with Gasteiger partial charge in [0.15, 0.2) is 39.0 Å². The molecule has 1 heterocycles. The first-order chi connectivity index (χ1) is 11.4. The van der Waals surface area contributed by atoms with E-state index in [1.165, 1.54) is 11.1 Å². The molecule has 1 aromatic rings. The van der Waals surface area contributed by atoms with E-state index in [2.05, 4.69) is 19.9 Å². The summed E-state index contributed by atoms with van der Waals surface area (Å²) in [4.78, 5) is 0. The summed E-state index contributed by atoms with van der Waals surface area (Å²) in [6.45, 7) is 5.00. The standard InChI is InChI=1S/C9H14NO.C2F6NO4S2/c1-8-5-9(2)7-10(6-8)3-4-11;3-1(4,5)14(10,11)9-15(12,13)2(6,7)8/h5-7,11H,3-4H2,1-2H3;/q+1;-1. The number of sulfonamides is 2. The number of hydrogen-bond donors (Lipinski definition) is 1. The van der Waals surface area contributed by atoms with Crippen LogP contribution in [0.4, 0.5) is 26.3 Å². The average molecular weight is 432 g/mol. The van der Waals surface area contributed by atoms with Crippen molar-refractivity contribution in [1.29, 1.82) is 0 Å². The van der Waals surface area contributed by atoms with E-state index >= 15 is 0 Å². The highest BCUT2D eigenvalue weighted by Crippen LogP contribution is 2.36. The lowest BCUT2D eigenvalue weighted by molar-refractivity contribution is -0.698. The predicted octanol–water partition coefficient (Wildman–Crippen LogP) is 1.64. The van der Waals surface area contributed by atoms with Crippen LogP contribution >= 0.6 is 0 Å². The molecule has 0 aromatic carbocycles. The van der Waals surface area contributed by atoms with Gasteiger partial charge >= 0.3 is 11.0 Å². The Hall–Kier alpha value is -1.45. The lowest BCUT2D eigenvalue weighted by Gasteiger charge is -2.22. The second kappa shape index (κ2) is 8.49. The summed E-state index contributed by atoms with van der Waals surface area (Å²) >= 11 is 0. The van der Waals surface area contributed by atoms with Gasteiger partial charge in [-0.25, -0.2) is 21.4 Å². The highest BCUT2D eigenvalue weighted by Gasteiger charge is 2.46. The number of aliphatic hydroxyl groups is 1. The van der Waals surface area contributed by atoms with Gasteiger partial charge in [0, 0.05) is 11.1 Å². The molecule has 0 aliphatic carbocycles. The molecule has 1 aromatic heterocycles. The molecule has 152 valence electrons. The van der Waals surface area contributed by atoms with E-state index in [1.54, 1.807) is 0 Å². The van der Waals surface area contributed by atoms with Gasteiger partial charge in [-0.2, -0.15) is 26.3 Å². The number of aromatic nitrogens is 1. The topological polar surface area (TPSA) is 106 Å². The van der Waals surface area contributed by atoms with Crippen LogP contribution in [0.2, 0.25) is 0 Å². The van der Waals surface area contributed by atoms with Crippen LogP contribution in [0.5, 0.6) is 0 Å². The van der Waals surface area contributed by atoms with Crippen molar-refractivity contribution >= 4 is 20.0 Å². The first-order valence-electron chi connectivity index (χ1n) is 6.38. The SMILES string of the molecule is Cc1cc(C)c[n+](CCO)c1.O=S(=O)([N-]S(=O)(=O)C(F)(F)F)C(F)(F)F. The highest BCUT2D eigenvalue weighted by atomic mass is 32.3. The van der Waals surface area contributed by atoms with Crippen LogP contribution in [0.3, 0.4) is 0 Å². The van der Waals surface area contributed by atoms with Crippen molar-refractivity contribution in [3.63, 3.8) is 0 Å². The van der Waals surface area contributed by atoms with E-state index in [0.29, 0.717) is 6.54 Å². The monoisotopic (exact) mass is 432 g/mol. The van der Waals surface area contributed by atoms with Gasteiger partial charge in [-0.3, -0.25) is 0 Å². The number of hydrogen-bond acceptors (Lipinski definition) is 5. The van der Waals surface area contributed by atoms with E-state index in [1.807, 2.05) is 17.0 Å². The second-order valence-corrected chi connectivity index (χ2v) is 8.19. The van der Waals surface area contributed by atoms with E-state index in [0.717, 1.165) is 4.13 Å². The minimum Gasteiger partial charge on any atom is -0.421 e. The molecule has 15 heteroatoms. The van der Waals surface area contributed by atoms with Gasteiger partial charge in [-0.05, 0) is 19.9 Å². The molecule has 0 saturated carbocycles. The summed E-state index contributed by atoms with van der Waals surface area (Å²) in [5.74, 6) is 0. The first-order valence-corrected chi connectivity index (χ1v) is 9.26. The van der Waals surface area contributed by atoms with Gasteiger partial charge < -0.3 is 9.23 Å². The largest absolute Gasteiger partial charge is 0.480 e. The van der Waals surface area contributed by atoms with E-state index in [9.17, 15) is 43.2 Å². The lowest BCUT2D eigenvalue weighted by atomic mass is 10.2. The molecule has 0 atom stereocenters. The van der Waals surface area contributed by atoms with Gasteiger partial charge in [0.1, 0.15) is 6.61 Å². The first kappa shape index (κ1) is 24.6. The number of alkyl halides is 6. The Morgan fingerprint density at radius 2 is 1.27 bits per heavy atom. The Labute approximate surface area is 145 Å². The zero-order valence-electron chi connectivity index (χ0n) is 13.2. The van der Waals surface area contributed by atoms with Crippen molar-refractivity contribution in [2.75, 3.05) is 6.61 Å². The molecule has 7 nitrogen and oxygen atoms in total. The molecule has 0 radical (unpaired) electrons. The molecule has 0 spiro atoms. The van der Waals surface area contributed by atoms with E-state index in [-0.39, 0.29) is 6.61 Å². The Balaban J connectivity index is 0.000000502. The molecule has 0 aliphatic rings. The molecule has 0 saturated heterocycles. The summed E-state index contributed by atoms with van der Waals surface area (Å²) in [6.07, 6.45) is 4.06. The minimum atomic E-state index is -6.72. The van der Waals surface area contributed by atoms with Crippen molar-refractivity contribution in [3.8, 4) is 0 Å². The molecular weight excluding hydrogens is 418 g/mol. The number of nitrogens with zero attached hydrogens (tertiary/aromatic N) is 2. The molecule has 26 heavy (non-hydrogen) atoms. The summed E-state index contributed by atoms with van der Waals surface area (Å²) in [7, 11) is -13.4. The number of rotatable bonds is 4. The number of aliphatic hydroxyl groups excluding tert-OH is 1. The van der Waals surface area contributed by atoms with Crippen molar-refractivity contribution in [2.24, 2.45) is 0 Å². The molecule has 0 amide bonds. The van der Waals surface area contributed by atoms with Gasteiger partial charge in [-0.1, -0.05) is 0 Å². The Kier molecular flexibility index (Phi) is 8.02. The Morgan fingerprint density at radius 3 is 1.54 bits per heavy atom. The van der Waals surface area contributed by atoms with Crippen LogP contribution in [0, 0.1) is 13.8 Å². The zero-order chi connectivity index (χ0) is 21.0. The van der Waals surface area contributed by atoms with E-state index in [4.69, 9.17) is 5.11 Å². The maximum Gasteiger partial charge on any atom is 0.480 e. The minimum absolute atomic E-state index is 0.202. The van der Waals surface area contributed by atoms with Crippen LogP contribution in [0.25, 0.3) is 4.13 Å². The fourth-order valence-electron chi connectivity index (χ4n) is 1.45. The van der Waals surface area contributed by atoms with Crippen molar-refractivity contribution in [1.82, 2.24) is 0 Å². The fraction of sp³-hybridized carbons (Fsp3) is 0.545. The van der Waals surface area contributed by atoms with Gasteiger partial charge in [0.05, 0.1) is 0 Å². The third kappa shape index (κ3) is 7.43. The third-order valence-corrected chi connectivity index (χ3v) is 5.07. The molecule has 1 N–H and O–H groups in total. The summed E-state index contributed by atoms with van der Waals surface area (Å²) in [5.41, 5.74) is -9.94. The van der Waals surface area contributed by atoms with Crippen molar-refractivity contribution in [3.05, 3.63) is 33.7 Å². The lowest BCUT2D eigenvalue weighted by Crippen LogP contribution is -2.35. The third-order valence-electron chi connectivity index (χ3n) is 2.33. The van der Waals surface area contributed by atoms with Gasteiger partial charge in [-0.15, -0.1) is 0 Å². The number of pyridine rings is 1. The van der Waals surface area contributed by atoms with Crippen LogP contribution in [-0.4, -0.2) is 39.6 Å². The second-order valence-electron chi connectivity index (χ2n) is 4.77. The number of aryl methyl sites for hydroxylation is 2. The number of halogens is 6. The van der Waals surface area contributed by atoms with Crippen molar-refractivity contribution in [2.45, 2.75) is 31.4 Å².